The molecule has 3 heterocycles. The number of alkyl halides is 3. The molecule has 7 nitrogen and oxygen atoms in total. The van der Waals surface area contributed by atoms with Crippen molar-refractivity contribution in [2.24, 2.45) is 0 Å². The van der Waals surface area contributed by atoms with Crippen LogP contribution in [0.5, 0.6) is 0 Å². The molecule has 0 aliphatic carbocycles. The van der Waals surface area contributed by atoms with Crippen LogP contribution in [0, 0.1) is 0 Å². The number of aromatic nitrogens is 2. The summed E-state index contributed by atoms with van der Waals surface area (Å²) >= 11 is 0. The van der Waals surface area contributed by atoms with Gasteiger partial charge in [0.1, 0.15) is 0 Å². The number of ether oxygens (including phenoxy) is 1. The largest absolute Gasteiger partial charge is 0.465 e. The topological polar surface area (TPSA) is 101 Å². The third kappa shape index (κ3) is 5.39. The smallest absolute Gasteiger partial charge is 0.446 e. The van der Waals surface area contributed by atoms with Gasteiger partial charge < -0.3 is 15.0 Å². The lowest BCUT2D eigenvalue weighted by Gasteiger charge is -2.10. The minimum absolute atomic E-state index is 0.0403. The maximum absolute atomic E-state index is 11.9. The van der Waals surface area contributed by atoms with E-state index >= 15 is 0 Å². The van der Waals surface area contributed by atoms with E-state index in [-0.39, 0.29) is 11.9 Å². The molecule has 10 heteroatoms. The van der Waals surface area contributed by atoms with Gasteiger partial charge in [-0.25, -0.2) is 4.79 Å². The standard InChI is InChI=1S/C20H17N3O3.C2HF3O/c1-26-20(25)13-4-2-12(3-5-13)17-10-14(6-8-21-17)18-11-15-16(23-18)7-9-22-19(15)24;3-2(4,5)1-6/h2-6,8,10-11,23H,7,9H2,1H3,(H,22,24);1H. The van der Waals surface area contributed by atoms with Gasteiger partial charge in [-0.2, -0.15) is 13.2 Å². The van der Waals surface area contributed by atoms with Crippen LogP contribution in [0.1, 0.15) is 26.4 Å². The summed E-state index contributed by atoms with van der Waals surface area (Å²) in [5.41, 5.74) is 5.69. The maximum Gasteiger partial charge on any atom is 0.446 e. The Kier molecular flexibility index (Phi) is 6.72. The van der Waals surface area contributed by atoms with Crippen molar-refractivity contribution in [3.63, 3.8) is 0 Å². The number of hydrogen-bond acceptors (Lipinski definition) is 5. The molecule has 2 aromatic heterocycles. The first-order chi connectivity index (χ1) is 15.2. The van der Waals surface area contributed by atoms with E-state index in [1.165, 1.54) is 7.11 Å². The van der Waals surface area contributed by atoms with Crippen molar-refractivity contribution in [2.75, 3.05) is 13.7 Å². The molecule has 3 aromatic rings. The minimum atomic E-state index is -4.64. The number of amides is 1. The van der Waals surface area contributed by atoms with Crippen LogP contribution in [0.4, 0.5) is 13.2 Å². The van der Waals surface area contributed by atoms with Crippen molar-refractivity contribution < 1.29 is 32.3 Å². The number of aromatic amines is 1. The highest BCUT2D eigenvalue weighted by Crippen LogP contribution is 2.27. The highest BCUT2D eigenvalue weighted by molar-refractivity contribution is 5.97. The molecule has 0 unspecified atom stereocenters. The van der Waals surface area contributed by atoms with E-state index in [2.05, 4.69) is 15.3 Å². The quantitative estimate of drug-likeness (QED) is 0.474. The van der Waals surface area contributed by atoms with E-state index in [1.54, 1.807) is 18.3 Å². The van der Waals surface area contributed by atoms with Crippen LogP contribution in [0.25, 0.3) is 22.5 Å². The van der Waals surface area contributed by atoms with Crippen LogP contribution >= 0.6 is 0 Å². The second-order valence-electron chi connectivity index (χ2n) is 6.74. The van der Waals surface area contributed by atoms with E-state index in [1.807, 2.05) is 30.3 Å². The monoisotopic (exact) mass is 445 g/mol. The zero-order valence-electron chi connectivity index (χ0n) is 16.8. The van der Waals surface area contributed by atoms with Gasteiger partial charge in [0.15, 0.2) is 0 Å². The lowest BCUT2D eigenvalue weighted by Crippen LogP contribution is -2.31. The van der Waals surface area contributed by atoms with E-state index in [0.29, 0.717) is 17.7 Å². The van der Waals surface area contributed by atoms with E-state index in [0.717, 1.165) is 34.6 Å². The first-order valence-corrected chi connectivity index (χ1v) is 9.40. The molecule has 0 radical (unpaired) electrons. The van der Waals surface area contributed by atoms with Crippen LogP contribution in [0.2, 0.25) is 0 Å². The Labute approximate surface area is 180 Å². The molecule has 0 spiro atoms. The Morgan fingerprint density at radius 2 is 1.81 bits per heavy atom. The van der Waals surface area contributed by atoms with Gasteiger partial charge in [0.25, 0.3) is 5.91 Å². The van der Waals surface area contributed by atoms with Crippen LogP contribution in [0.3, 0.4) is 0 Å². The Morgan fingerprint density at radius 3 is 2.41 bits per heavy atom. The van der Waals surface area contributed by atoms with Gasteiger partial charge in [0.05, 0.1) is 23.9 Å². The summed E-state index contributed by atoms with van der Waals surface area (Å²) in [7, 11) is 1.36. The zero-order chi connectivity index (χ0) is 23.3. The number of carbonyl (C=O) groups is 3. The number of methoxy groups -OCH3 is 1. The fraction of sp³-hybridized carbons (Fsp3) is 0.182. The molecule has 0 bridgehead atoms. The number of rotatable bonds is 3. The van der Waals surface area contributed by atoms with Crippen LogP contribution in [-0.4, -0.2) is 48.0 Å². The molecular weight excluding hydrogens is 427 g/mol. The highest BCUT2D eigenvalue weighted by Gasteiger charge is 2.25. The number of nitrogens with one attached hydrogen (secondary N) is 2. The van der Waals surface area contributed by atoms with E-state index < -0.39 is 12.5 Å². The lowest BCUT2D eigenvalue weighted by molar-refractivity contribution is -0.156. The summed E-state index contributed by atoms with van der Waals surface area (Å²) in [6, 6.07) is 12.9. The maximum atomic E-state index is 11.9. The molecular formula is C22H18F3N3O4. The SMILES string of the molecule is COC(=O)c1ccc(-c2cc(-c3cc4c([nH]3)CCNC4=O)ccn2)cc1.O=CC(F)(F)F. The molecule has 0 atom stereocenters. The molecule has 0 fully saturated rings. The minimum Gasteiger partial charge on any atom is -0.465 e. The fourth-order valence-corrected chi connectivity index (χ4v) is 3.10. The number of hydrogen-bond donors (Lipinski definition) is 2. The Morgan fingerprint density at radius 1 is 1.12 bits per heavy atom. The van der Waals surface area contributed by atoms with E-state index in [4.69, 9.17) is 9.53 Å². The van der Waals surface area contributed by atoms with Gasteiger partial charge in [-0.05, 0) is 30.3 Å². The number of nitrogens with zero attached hydrogens (tertiary/aromatic N) is 1. The average molecular weight is 445 g/mol. The molecule has 0 saturated heterocycles. The van der Waals surface area contributed by atoms with Crippen molar-refractivity contribution in [3.8, 4) is 22.5 Å². The molecule has 1 aliphatic heterocycles. The Hall–Kier alpha value is -3.95. The van der Waals surface area contributed by atoms with Gasteiger partial charge in [-0.15, -0.1) is 0 Å². The Bertz CT molecular complexity index is 1140. The third-order valence-electron chi connectivity index (χ3n) is 4.61. The fourth-order valence-electron chi connectivity index (χ4n) is 3.10. The van der Waals surface area contributed by atoms with Crippen molar-refractivity contribution in [1.82, 2.24) is 15.3 Å². The number of esters is 1. The predicted octanol–water partition coefficient (Wildman–Crippen LogP) is 3.56. The number of aldehydes is 1. The number of pyridine rings is 1. The van der Waals surface area contributed by atoms with Crippen molar-refractivity contribution in [1.29, 1.82) is 0 Å². The third-order valence-corrected chi connectivity index (χ3v) is 4.61. The first-order valence-electron chi connectivity index (χ1n) is 9.40. The summed E-state index contributed by atoms with van der Waals surface area (Å²) in [4.78, 5) is 40.0. The van der Waals surface area contributed by atoms with Crippen molar-refractivity contribution in [2.45, 2.75) is 12.6 Å². The van der Waals surface area contributed by atoms with Gasteiger partial charge in [-0.1, -0.05) is 12.1 Å². The number of fused-ring (bicyclic) bond motifs is 1. The van der Waals surface area contributed by atoms with Crippen molar-refractivity contribution in [3.05, 3.63) is 65.5 Å². The molecule has 32 heavy (non-hydrogen) atoms. The number of benzene rings is 1. The van der Waals surface area contributed by atoms with E-state index in [9.17, 15) is 22.8 Å². The normalized spacial score (nSPS) is 12.7. The molecule has 0 saturated carbocycles. The summed E-state index contributed by atoms with van der Waals surface area (Å²) in [5.74, 6) is -0.407. The van der Waals surface area contributed by atoms with Crippen LogP contribution in [-0.2, 0) is 16.0 Å². The second kappa shape index (κ2) is 9.46. The summed E-state index contributed by atoms with van der Waals surface area (Å²) in [5, 5.41) is 2.85. The molecule has 2 N–H and O–H groups in total. The number of H-pyrrole nitrogens is 1. The molecule has 166 valence electrons. The van der Waals surface area contributed by atoms with Gasteiger partial charge in [0.2, 0.25) is 6.29 Å². The van der Waals surface area contributed by atoms with Crippen LogP contribution in [0.15, 0.2) is 48.7 Å². The highest BCUT2D eigenvalue weighted by atomic mass is 19.4. The average Bonchev–Trinajstić information content (AvgIpc) is 3.25. The molecule has 1 amide bonds. The predicted molar refractivity (Wildman–Crippen MR) is 109 cm³/mol. The number of carbonyl (C=O) groups excluding carboxylic acids is 3. The molecule has 1 aliphatic rings. The molecule has 1 aromatic carbocycles. The van der Waals surface area contributed by atoms with Crippen molar-refractivity contribution >= 4 is 18.2 Å². The van der Waals surface area contributed by atoms with Crippen LogP contribution < -0.4 is 5.32 Å². The zero-order valence-corrected chi connectivity index (χ0v) is 16.8. The molecule has 4 rings (SSSR count). The summed E-state index contributed by atoms with van der Waals surface area (Å²) in [6.45, 7) is 0.653. The second-order valence-corrected chi connectivity index (χ2v) is 6.74. The van der Waals surface area contributed by atoms with Gasteiger partial charge in [0, 0.05) is 41.7 Å². The summed E-state index contributed by atoms with van der Waals surface area (Å²) in [6.07, 6.45) is -3.17. The Balaban J connectivity index is 0.000000427. The van der Waals surface area contributed by atoms with Gasteiger partial charge >= 0.3 is 12.1 Å². The lowest BCUT2D eigenvalue weighted by atomic mass is 10.1. The first kappa shape index (κ1) is 22.7. The number of halogens is 3. The van der Waals surface area contributed by atoms with Gasteiger partial charge in [-0.3, -0.25) is 14.6 Å². The summed E-state index contributed by atoms with van der Waals surface area (Å²) < 4.78 is 36.0.